The lowest BCUT2D eigenvalue weighted by Gasteiger charge is -2.40. The van der Waals surface area contributed by atoms with Crippen LogP contribution in [-0.4, -0.2) is 98.7 Å². The molecule has 1 fully saturated rings. The summed E-state index contributed by atoms with van der Waals surface area (Å²) in [4.78, 5) is 26.8. The number of thioether (sulfide) groups is 1. The summed E-state index contributed by atoms with van der Waals surface area (Å²) in [6, 6.07) is 7.48. The number of para-hydroxylation sites is 1. The molecule has 1 aromatic rings. The first-order valence-electron chi connectivity index (χ1n) is 10.7. The SMILES string of the molecule is CC1=C(SCC2OC(OCC(N)C(O)C(C)O)C(O)C(O)C2O)C(=O)N(c2ccccc2)C1=O. The van der Waals surface area contributed by atoms with E-state index in [1.165, 1.54) is 13.8 Å². The molecule has 2 aliphatic heterocycles. The van der Waals surface area contributed by atoms with Gasteiger partial charge in [-0.15, -0.1) is 11.8 Å². The van der Waals surface area contributed by atoms with Crippen LogP contribution in [0.2, 0.25) is 0 Å². The minimum Gasteiger partial charge on any atom is -0.391 e. The second kappa shape index (κ2) is 11.2. The molecule has 12 heteroatoms. The predicted octanol–water partition coefficient (Wildman–Crippen LogP) is -1.54. The van der Waals surface area contributed by atoms with Gasteiger partial charge in [0.05, 0.1) is 41.6 Å². The molecule has 0 saturated carbocycles. The number of benzene rings is 1. The molecule has 0 bridgehead atoms. The maximum Gasteiger partial charge on any atom is 0.272 e. The Morgan fingerprint density at radius 1 is 1.09 bits per heavy atom. The highest BCUT2D eigenvalue weighted by Gasteiger charge is 2.45. The third kappa shape index (κ3) is 5.51. The third-order valence-electron chi connectivity index (χ3n) is 5.72. The maximum absolute atomic E-state index is 12.9. The fourth-order valence-corrected chi connectivity index (χ4v) is 4.75. The number of carbonyl (C=O) groups is 2. The Bertz CT molecular complexity index is 913. The van der Waals surface area contributed by atoms with E-state index in [1.807, 2.05) is 0 Å². The Labute approximate surface area is 200 Å². The molecule has 8 unspecified atom stereocenters. The zero-order valence-electron chi connectivity index (χ0n) is 18.7. The van der Waals surface area contributed by atoms with E-state index in [-0.39, 0.29) is 22.8 Å². The molecular formula is C22H30N2O9S. The van der Waals surface area contributed by atoms with Crippen LogP contribution in [0.3, 0.4) is 0 Å². The zero-order valence-corrected chi connectivity index (χ0v) is 19.5. The van der Waals surface area contributed by atoms with Gasteiger partial charge in [0, 0.05) is 11.3 Å². The van der Waals surface area contributed by atoms with Crippen LogP contribution in [0.15, 0.2) is 40.8 Å². The Balaban J connectivity index is 1.65. The maximum atomic E-state index is 12.9. The summed E-state index contributed by atoms with van der Waals surface area (Å²) in [5.41, 5.74) is 6.44. The first-order valence-corrected chi connectivity index (χ1v) is 11.7. The van der Waals surface area contributed by atoms with Gasteiger partial charge < -0.3 is 40.7 Å². The van der Waals surface area contributed by atoms with E-state index in [4.69, 9.17) is 15.2 Å². The molecule has 0 radical (unpaired) electrons. The first-order chi connectivity index (χ1) is 16.0. The van der Waals surface area contributed by atoms with Crippen LogP contribution in [0.1, 0.15) is 13.8 Å². The molecule has 2 heterocycles. The van der Waals surface area contributed by atoms with E-state index in [9.17, 15) is 35.1 Å². The number of imide groups is 1. The Morgan fingerprint density at radius 2 is 1.74 bits per heavy atom. The van der Waals surface area contributed by atoms with Gasteiger partial charge in [0.2, 0.25) is 0 Å². The first kappa shape index (κ1) is 26.7. The van der Waals surface area contributed by atoms with Gasteiger partial charge in [0.25, 0.3) is 11.8 Å². The lowest BCUT2D eigenvalue weighted by atomic mass is 10.00. The van der Waals surface area contributed by atoms with E-state index in [1.54, 1.807) is 30.3 Å². The van der Waals surface area contributed by atoms with E-state index < -0.39 is 60.8 Å². The molecule has 2 aliphatic rings. The van der Waals surface area contributed by atoms with E-state index in [2.05, 4.69) is 0 Å². The molecule has 7 N–H and O–H groups in total. The number of amides is 2. The van der Waals surface area contributed by atoms with Crippen molar-refractivity contribution in [3.8, 4) is 0 Å². The molecule has 188 valence electrons. The van der Waals surface area contributed by atoms with Crippen LogP contribution in [0.5, 0.6) is 0 Å². The minimum absolute atomic E-state index is 0.0263. The lowest BCUT2D eigenvalue weighted by molar-refractivity contribution is -0.293. The zero-order chi connectivity index (χ0) is 25.2. The Morgan fingerprint density at radius 3 is 2.35 bits per heavy atom. The molecule has 34 heavy (non-hydrogen) atoms. The highest BCUT2D eigenvalue weighted by molar-refractivity contribution is 8.04. The van der Waals surface area contributed by atoms with E-state index in [0.29, 0.717) is 5.69 Å². The standard InChI is InChI=1S/C22H30N2O9S/c1-10-19(21(31)24(20(10)30)12-6-4-3-5-7-12)34-9-14-16(27)17(28)18(29)22(33-14)32-8-13(23)15(26)11(2)25/h3-7,11,13-18,22,25-29H,8-9,23H2,1-2H3. The van der Waals surface area contributed by atoms with Crippen LogP contribution in [-0.2, 0) is 19.1 Å². The van der Waals surface area contributed by atoms with Crippen molar-refractivity contribution in [1.82, 2.24) is 0 Å². The normalized spacial score (nSPS) is 30.6. The van der Waals surface area contributed by atoms with Crippen molar-refractivity contribution < 1.29 is 44.6 Å². The number of hydrogen-bond donors (Lipinski definition) is 6. The predicted molar refractivity (Wildman–Crippen MR) is 122 cm³/mol. The largest absolute Gasteiger partial charge is 0.391 e. The number of nitrogens with two attached hydrogens (primary N) is 1. The van der Waals surface area contributed by atoms with Gasteiger partial charge in [-0.25, -0.2) is 4.90 Å². The molecule has 1 aromatic carbocycles. The number of aliphatic hydroxyl groups is 5. The van der Waals surface area contributed by atoms with E-state index >= 15 is 0 Å². The molecule has 1 saturated heterocycles. The molecule has 0 spiro atoms. The van der Waals surface area contributed by atoms with Gasteiger partial charge >= 0.3 is 0 Å². The fourth-order valence-electron chi connectivity index (χ4n) is 3.62. The second-order valence-electron chi connectivity index (χ2n) is 8.29. The van der Waals surface area contributed by atoms with Gasteiger partial charge in [-0.2, -0.15) is 0 Å². The van der Waals surface area contributed by atoms with Crippen molar-refractivity contribution in [2.75, 3.05) is 17.3 Å². The molecular weight excluding hydrogens is 468 g/mol. The summed E-state index contributed by atoms with van der Waals surface area (Å²) in [5.74, 6) is -0.983. The molecule has 11 nitrogen and oxygen atoms in total. The number of anilines is 1. The summed E-state index contributed by atoms with van der Waals surface area (Å²) in [7, 11) is 0. The Hall–Kier alpha value is -1.87. The topological polar surface area (TPSA) is 183 Å². The van der Waals surface area contributed by atoms with Crippen molar-refractivity contribution in [2.24, 2.45) is 5.73 Å². The summed E-state index contributed by atoms with van der Waals surface area (Å²) < 4.78 is 11.0. The number of rotatable bonds is 9. The Kier molecular flexibility index (Phi) is 8.84. The van der Waals surface area contributed by atoms with Crippen molar-refractivity contribution >= 4 is 29.3 Å². The lowest BCUT2D eigenvalue weighted by Crippen LogP contribution is -2.59. The average Bonchev–Trinajstić information content (AvgIpc) is 3.03. The van der Waals surface area contributed by atoms with Gasteiger partial charge in [-0.1, -0.05) is 18.2 Å². The minimum atomic E-state index is -1.61. The monoisotopic (exact) mass is 498 g/mol. The van der Waals surface area contributed by atoms with Gasteiger partial charge in [0.1, 0.15) is 18.3 Å². The second-order valence-corrected chi connectivity index (χ2v) is 9.32. The van der Waals surface area contributed by atoms with Crippen LogP contribution in [0.4, 0.5) is 5.69 Å². The number of nitrogens with zero attached hydrogens (tertiary/aromatic N) is 1. The molecule has 8 atom stereocenters. The summed E-state index contributed by atoms with van der Waals surface area (Å²) in [6.07, 6.45) is -9.52. The van der Waals surface area contributed by atoms with Crippen molar-refractivity contribution in [3.05, 3.63) is 40.8 Å². The average molecular weight is 499 g/mol. The van der Waals surface area contributed by atoms with Crippen LogP contribution in [0, 0.1) is 0 Å². The summed E-state index contributed by atoms with van der Waals surface area (Å²) in [5, 5.41) is 50.1. The summed E-state index contributed by atoms with van der Waals surface area (Å²) >= 11 is 0.988. The van der Waals surface area contributed by atoms with Crippen molar-refractivity contribution in [1.29, 1.82) is 0 Å². The quantitative estimate of drug-likeness (QED) is 0.217. The van der Waals surface area contributed by atoms with Crippen molar-refractivity contribution in [2.45, 2.75) is 62.8 Å². The molecule has 3 rings (SSSR count). The van der Waals surface area contributed by atoms with Crippen LogP contribution >= 0.6 is 11.8 Å². The highest BCUT2D eigenvalue weighted by Crippen LogP contribution is 2.35. The molecule has 2 amide bonds. The van der Waals surface area contributed by atoms with Crippen LogP contribution < -0.4 is 10.6 Å². The van der Waals surface area contributed by atoms with Gasteiger partial charge in [-0.3, -0.25) is 9.59 Å². The smallest absolute Gasteiger partial charge is 0.272 e. The van der Waals surface area contributed by atoms with Gasteiger partial charge in [-0.05, 0) is 26.0 Å². The van der Waals surface area contributed by atoms with Crippen molar-refractivity contribution in [3.63, 3.8) is 0 Å². The van der Waals surface area contributed by atoms with Gasteiger partial charge in [0.15, 0.2) is 6.29 Å². The summed E-state index contributed by atoms with van der Waals surface area (Å²) in [6.45, 7) is 2.58. The number of hydrogen-bond acceptors (Lipinski definition) is 11. The molecule has 0 aromatic heterocycles. The highest BCUT2D eigenvalue weighted by atomic mass is 32.2. The van der Waals surface area contributed by atoms with Crippen LogP contribution in [0.25, 0.3) is 0 Å². The number of ether oxygens (including phenoxy) is 2. The number of carbonyl (C=O) groups excluding carboxylic acids is 2. The third-order valence-corrected chi connectivity index (χ3v) is 6.99. The fraction of sp³-hybridized carbons (Fsp3) is 0.545. The van der Waals surface area contributed by atoms with E-state index in [0.717, 1.165) is 16.7 Å². The number of aliphatic hydroxyl groups excluding tert-OH is 5. The molecule has 0 aliphatic carbocycles.